The number of carbonyl (C=O) groups excluding carboxylic acids is 1. The van der Waals surface area contributed by atoms with Crippen LogP contribution in [0.3, 0.4) is 0 Å². The molecule has 3 atom stereocenters. The van der Waals surface area contributed by atoms with Crippen LogP contribution in [0.25, 0.3) is 0 Å². The standard InChI is InChI=1S/C14H22O4/c1-10-5-7-14(18-17-13(2,3)4)8-6-11(15)9-12(14)16-10/h6,8,10,12H,5,7,9H2,1-4H3/t10-,12+,14+/m0/s1. The highest BCUT2D eigenvalue weighted by atomic mass is 17.2. The summed E-state index contributed by atoms with van der Waals surface area (Å²) in [7, 11) is 0. The lowest BCUT2D eigenvalue weighted by Gasteiger charge is -2.44. The van der Waals surface area contributed by atoms with Gasteiger partial charge in [-0.15, -0.1) is 0 Å². The van der Waals surface area contributed by atoms with E-state index in [1.54, 1.807) is 12.2 Å². The zero-order valence-corrected chi connectivity index (χ0v) is 11.6. The Bertz CT molecular complexity index is 355. The minimum absolute atomic E-state index is 0.0871. The number of ether oxygens (including phenoxy) is 1. The molecule has 1 fully saturated rings. The van der Waals surface area contributed by atoms with Gasteiger partial charge in [-0.2, -0.15) is 0 Å². The summed E-state index contributed by atoms with van der Waals surface area (Å²) in [6.45, 7) is 7.82. The van der Waals surface area contributed by atoms with Crippen LogP contribution in [0.1, 0.15) is 47.0 Å². The molecule has 0 bridgehead atoms. The van der Waals surface area contributed by atoms with Gasteiger partial charge in [-0.1, -0.05) is 0 Å². The maximum Gasteiger partial charge on any atom is 0.158 e. The van der Waals surface area contributed by atoms with Gasteiger partial charge in [-0.25, -0.2) is 9.78 Å². The van der Waals surface area contributed by atoms with Crippen LogP contribution < -0.4 is 0 Å². The van der Waals surface area contributed by atoms with Crippen LogP contribution in [0, 0.1) is 0 Å². The molecule has 0 spiro atoms. The van der Waals surface area contributed by atoms with Crippen LogP contribution in [0.2, 0.25) is 0 Å². The first-order valence-electron chi connectivity index (χ1n) is 6.55. The maximum atomic E-state index is 11.5. The number of allylic oxidation sites excluding steroid dienone is 1. The number of fused-ring (bicyclic) bond motifs is 1. The van der Waals surface area contributed by atoms with Gasteiger partial charge < -0.3 is 4.74 Å². The zero-order chi connectivity index (χ0) is 13.4. The molecule has 2 rings (SSSR count). The molecule has 1 heterocycles. The number of carbonyl (C=O) groups is 1. The molecule has 0 aromatic rings. The Morgan fingerprint density at radius 3 is 2.83 bits per heavy atom. The normalized spacial score (nSPS) is 36.6. The topological polar surface area (TPSA) is 44.8 Å². The van der Waals surface area contributed by atoms with Gasteiger partial charge >= 0.3 is 0 Å². The molecule has 0 N–H and O–H groups in total. The fraction of sp³-hybridized carbons (Fsp3) is 0.786. The smallest absolute Gasteiger partial charge is 0.158 e. The zero-order valence-electron chi connectivity index (χ0n) is 11.6. The summed E-state index contributed by atoms with van der Waals surface area (Å²) in [6.07, 6.45) is 5.42. The van der Waals surface area contributed by atoms with E-state index in [4.69, 9.17) is 14.5 Å². The van der Waals surface area contributed by atoms with Gasteiger partial charge in [0.15, 0.2) is 5.78 Å². The second kappa shape index (κ2) is 4.76. The van der Waals surface area contributed by atoms with E-state index < -0.39 is 5.60 Å². The molecule has 0 aromatic heterocycles. The maximum absolute atomic E-state index is 11.5. The molecule has 4 nitrogen and oxygen atoms in total. The van der Waals surface area contributed by atoms with Gasteiger partial charge in [0.2, 0.25) is 0 Å². The Morgan fingerprint density at radius 1 is 1.44 bits per heavy atom. The van der Waals surface area contributed by atoms with Crippen LogP contribution in [0.15, 0.2) is 12.2 Å². The number of rotatable bonds is 2. The van der Waals surface area contributed by atoms with Gasteiger partial charge in [-0.05, 0) is 52.7 Å². The molecule has 0 saturated carbocycles. The lowest BCUT2D eigenvalue weighted by atomic mass is 9.81. The van der Waals surface area contributed by atoms with E-state index >= 15 is 0 Å². The van der Waals surface area contributed by atoms with Crippen LogP contribution in [0.4, 0.5) is 0 Å². The summed E-state index contributed by atoms with van der Waals surface area (Å²) in [5, 5.41) is 0. The second-order valence-electron chi connectivity index (χ2n) is 6.21. The van der Waals surface area contributed by atoms with E-state index in [0.717, 1.165) is 12.8 Å². The Morgan fingerprint density at radius 2 is 2.17 bits per heavy atom. The highest BCUT2D eigenvalue weighted by Gasteiger charge is 2.47. The van der Waals surface area contributed by atoms with Crippen molar-refractivity contribution in [2.45, 2.75) is 70.4 Å². The first-order chi connectivity index (χ1) is 8.31. The highest BCUT2D eigenvalue weighted by molar-refractivity contribution is 5.91. The number of hydrogen-bond donors (Lipinski definition) is 0. The van der Waals surface area contributed by atoms with E-state index in [2.05, 4.69) is 0 Å². The molecular formula is C14H22O4. The fourth-order valence-corrected chi connectivity index (χ4v) is 2.28. The third-order valence-electron chi connectivity index (χ3n) is 3.27. The van der Waals surface area contributed by atoms with E-state index in [9.17, 15) is 4.79 Å². The molecule has 1 saturated heterocycles. The Kier molecular flexibility index (Phi) is 3.63. The van der Waals surface area contributed by atoms with Crippen LogP contribution in [-0.2, 0) is 19.3 Å². The summed E-state index contributed by atoms with van der Waals surface area (Å²) >= 11 is 0. The fourth-order valence-electron chi connectivity index (χ4n) is 2.28. The summed E-state index contributed by atoms with van der Waals surface area (Å²) in [5.41, 5.74) is -0.981. The summed E-state index contributed by atoms with van der Waals surface area (Å²) < 4.78 is 5.85. The van der Waals surface area contributed by atoms with Gasteiger partial charge in [0.1, 0.15) is 11.7 Å². The predicted molar refractivity (Wildman–Crippen MR) is 67.0 cm³/mol. The molecule has 18 heavy (non-hydrogen) atoms. The van der Waals surface area contributed by atoms with Crippen molar-refractivity contribution in [2.75, 3.05) is 0 Å². The van der Waals surface area contributed by atoms with Crippen LogP contribution in [-0.4, -0.2) is 29.2 Å². The SMILES string of the molecule is C[C@H]1CC[C@@]2(OOC(C)(C)C)C=CC(=O)C[C@H]2O1. The molecule has 0 radical (unpaired) electrons. The van der Waals surface area contributed by atoms with Crippen LogP contribution in [0.5, 0.6) is 0 Å². The predicted octanol–water partition coefficient (Wildman–Crippen LogP) is 2.57. The molecule has 1 aliphatic heterocycles. The molecule has 102 valence electrons. The van der Waals surface area contributed by atoms with Gasteiger partial charge in [-0.3, -0.25) is 4.79 Å². The minimum Gasteiger partial charge on any atom is -0.371 e. The van der Waals surface area contributed by atoms with E-state index in [-0.39, 0.29) is 23.6 Å². The first-order valence-corrected chi connectivity index (χ1v) is 6.55. The molecule has 4 heteroatoms. The van der Waals surface area contributed by atoms with E-state index in [0.29, 0.717) is 6.42 Å². The van der Waals surface area contributed by atoms with Crippen molar-refractivity contribution in [1.29, 1.82) is 0 Å². The van der Waals surface area contributed by atoms with Crippen LogP contribution >= 0.6 is 0 Å². The van der Waals surface area contributed by atoms with E-state index in [1.807, 2.05) is 27.7 Å². The highest BCUT2D eigenvalue weighted by Crippen LogP contribution is 2.38. The van der Waals surface area contributed by atoms with Crippen molar-refractivity contribution in [2.24, 2.45) is 0 Å². The number of hydrogen-bond acceptors (Lipinski definition) is 4. The van der Waals surface area contributed by atoms with Crippen molar-refractivity contribution in [3.8, 4) is 0 Å². The van der Waals surface area contributed by atoms with Gasteiger partial charge in [0, 0.05) is 6.42 Å². The lowest BCUT2D eigenvalue weighted by Crippen LogP contribution is -2.53. The molecule has 1 aliphatic carbocycles. The first kappa shape index (κ1) is 13.7. The minimum atomic E-state index is -0.603. The van der Waals surface area contributed by atoms with E-state index in [1.165, 1.54) is 0 Å². The van der Waals surface area contributed by atoms with Crippen molar-refractivity contribution in [1.82, 2.24) is 0 Å². The van der Waals surface area contributed by atoms with Crippen molar-refractivity contribution >= 4 is 5.78 Å². The third kappa shape index (κ3) is 2.99. The van der Waals surface area contributed by atoms with Crippen molar-refractivity contribution in [3.63, 3.8) is 0 Å². The summed E-state index contributed by atoms with van der Waals surface area (Å²) in [5.74, 6) is 0.0871. The molecular weight excluding hydrogens is 232 g/mol. The Labute approximate surface area is 108 Å². The Hall–Kier alpha value is -0.710. The third-order valence-corrected chi connectivity index (χ3v) is 3.27. The molecule has 2 aliphatic rings. The molecule has 0 unspecified atom stereocenters. The summed E-state index contributed by atoms with van der Waals surface area (Å²) in [4.78, 5) is 22.6. The van der Waals surface area contributed by atoms with Crippen molar-refractivity contribution < 1.29 is 19.3 Å². The quantitative estimate of drug-likeness (QED) is 0.561. The molecule has 0 amide bonds. The molecule has 0 aromatic carbocycles. The Balaban J connectivity index is 2.15. The number of ketones is 1. The van der Waals surface area contributed by atoms with Crippen molar-refractivity contribution in [3.05, 3.63) is 12.2 Å². The summed E-state index contributed by atoms with van der Waals surface area (Å²) in [6, 6.07) is 0. The largest absolute Gasteiger partial charge is 0.371 e. The lowest BCUT2D eigenvalue weighted by molar-refractivity contribution is -0.416. The van der Waals surface area contributed by atoms with Gasteiger partial charge in [0.05, 0.1) is 11.7 Å². The average molecular weight is 254 g/mol. The van der Waals surface area contributed by atoms with Gasteiger partial charge in [0.25, 0.3) is 0 Å². The monoisotopic (exact) mass is 254 g/mol. The average Bonchev–Trinajstić information content (AvgIpc) is 2.26. The second-order valence-corrected chi connectivity index (χ2v) is 6.21.